The largest absolute Gasteiger partial charge is 0.459 e. The molecule has 4 saturated heterocycles. The Morgan fingerprint density at radius 2 is 1.01 bits per heavy atom. The van der Waals surface area contributed by atoms with Crippen molar-refractivity contribution in [3.63, 3.8) is 0 Å². The molecule has 0 amide bonds. The molecule has 26 nitrogen and oxygen atoms in total. The Kier molecular flexibility index (Phi) is 24.5. The fourth-order valence-electron chi connectivity index (χ4n) is 13.0. The summed E-state index contributed by atoms with van der Waals surface area (Å²) in [6.07, 6.45) is -10.3. The van der Waals surface area contributed by atoms with Gasteiger partial charge in [-0.25, -0.2) is 23.9 Å². The number of hydrogen-bond acceptors (Lipinski definition) is 23. The molecule has 4 aliphatic heterocycles. The Morgan fingerprint density at radius 3 is 1.50 bits per heavy atom. The van der Waals surface area contributed by atoms with Crippen LogP contribution in [0.4, 0.5) is 0 Å². The van der Waals surface area contributed by atoms with Crippen molar-refractivity contribution in [2.75, 3.05) is 5.88 Å². The summed E-state index contributed by atoms with van der Waals surface area (Å²) in [7, 11) is 0. The van der Waals surface area contributed by atoms with Gasteiger partial charge in [0.2, 0.25) is 12.0 Å². The van der Waals surface area contributed by atoms with E-state index in [9.17, 15) is 33.6 Å². The highest BCUT2D eigenvalue weighted by Gasteiger charge is 2.60. The van der Waals surface area contributed by atoms with Crippen LogP contribution in [0.15, 0.2) is 134 Å². The van der Waals surface area contributed by atoms with Crippen LogP contribution in [0.1, 0.15) is 127 Å². The van der Waals surface area contributed by atoms with Crippen LogP contribution in [0.3, 0.4) is 0 Å². The van der Waals surface area contributed by atoms with Gasteiger partial charge in [-0.1, -0.05) is 118 Å². The van der Waals surface area contributed by atoms with Gasteiger partial charge in [0.1, 0.15) is 61.4 Å². The van der Waals surface area contributed by atoms with Gasteiger partial charge in [0.15, 0.2) is 36.9 Å². The van der Waals surface area contributed by atoms with E-state index in [4.69, 9.17) is 84.8 Å². The molecule has 4 aromatic carbocycles. The third kappa shape index (κ3) is 17.4. The van der Waals surface area contributed by atoms with E-state index in [1.54, 1.807) is 145 Å². The third-order valence-electron chi connectivity index (χ3n) is 17.9. The molecule has 4 aliphatic rings. The smallest absolute Gasteiger partial charge is 0.338 e. The maximum atomic E-state index is 14.2. The Morgan fingerprint density at radius 1 is 0.541 bits per heavy atom. The van der Waals surface area contributed by atoms with E-state index in [1.165, 1.54) is 25.5 Å². The van der Waals surface area contributed by atoms with Crippen LogP contribution in [0.5, 0.6) is 0 Å². The molecule has 1 N–H and O–H groups in total. The van der Waals surface area contributed by atoms with Crippen LogP contribution in [-0.2, 0) is 102 Å². The highest BCUT2D eigenvalue weighted by atomic mass is 35.5. The second-order valence-electron chi connectivity index (χ2n) is 24.9. The van der Waals surface area contributed by atoms with Gasteiger partial charge in [-0.3, -0.25) is 14.4 Å². The number of halogens is 2. The normalized spacial score (nSPS) is 29.9. The summed E-state index contributed by atoms with van der Waals surface area (Å²) in [6, 6.07) is 33.4. The van der Waals surface area contributed by atoms with Gasteiger partial charge in [0, 0.05) is 56.5 Å². The van der Waals surface area contributed by atoms with Crippen molar-refractivity contribution in [1.82, 2.24) is 25.3 Å². The second-order valence-corrected chi connectivity index (χ2v) is 25.6. The highest BCUT2D eigenvalue weighted by molar-refractivity contribution is 6.21. The van der Waals surface area contributed by atoms with Crippen molar-refractivity contribution in [3.05, 3.63) is 167 Å². The van der Waals surface area contributed by atoms with Gasteiger partial charge in [0.05, 0.1) is 58.3 Å². The molecule has 10 rings (SSSR count). The Balaban J connectivity index is 0.890. The summed E-state index contributed by atoms with van der Waals surface area (Å²) in [5.41, 5.74) is 0.289. The zero-order valence-corrected chi connectivity index (χ0v) is 56.9. The zero-order chi connectivity index (χ0) is 69.8. The van der Waals surface area contributed by atoms with E-state index in [0.29, 0.717) is 29.8 Å². The number of alkyl halides is 2. The lowest BCUT2D eigenvalue weighted by atomic mass is 9.82. The summed E-state index contributed by atoms with van der Waals surface area (Å²) < 4.78 is 85.0. The molecule has 4 fully saturated rings. The number of rotatable bonds is 26. The third-order valence-corrected chi connectivity index (χ3v) is 18.9. The van der Waals surface area contributed by atoms with Crippen LogP contribution in [0.2, 0.25) is 0 Å². The van der Waals surface area contributed by atoms with Crippen molar-refractivity contribution in [2.24, 2.45) is 17.8 Å². The monoisotopic (exact) mass is 1400 g/mol. The lowest BCUT2D eigenvalue weighted by Gasteiger charge is -2.46. The molecule has 0 radical (unpaired) electrons. The van der Waals surface area contributed by atoms with Gasteiger partial charge in [-0.2, -0.15) is 4.68 Å². The minimum Gasteiger partial charge on any atom is -0.459 e. The summed E-state index contributed by atoms with van der Waals surface area (Å²) in [4.78, 5) is 93.6. The standard InChI is InChI=1S/C70H80Cl2N6O20/c1-9-51-39(3)57(94-64(82)45-23-15-11-16-24-45)62(97-67(85)48-29-21-14-22-30-48)69(92-51)87-38-78-33-49(73-76-78)31-53-40(4)58(95-65(83)46-25-17-12-18-26-46)61(96-66(84)47-27-19-13-20-28-47)68(93-53)86-36-50-34-77(75-74-50)35-55-41(5)63(90-44(8)81)70(37-71,98-55)32-54-59(88-42(6)79)60(89-43(7)80)56(72)52(10-2)91-54/h11-30,33-34,39-41,51-63,68-69H,9-10,31-32,35-38H2,1-8H3/p+1/t39-,40-,41+,51+,52-,53-,54+,55-,56+,57-,58+,59-,60+,61+,62-,63+,68-,69+,70-/m0/s1. The van der Waals surface area contributed by atoms with Crippen LogP contribution in [-0.4, -0.2) is 170 Å². The summed E-state index contributed by atoms with van der Waals surface area (Å²) >= 11 is 13.7. The van der Waals surface area contributed by atoms with E-state index in [0.717, 1.165) is 0 Å². The molecule has 28 heteroatoms. The van der Waals surface area contributed by atoms with Crippen LogP contribution in [0, 0.1) is 17.8 Å². The maximum Gasteiger partial charge on any atom is 0.338 e. The number of nitrogens with one attached hydrogen (secondary N) is 1. The minimum absolute atomic E-state index is 0.0422. The van der Waals surface area contributed by atoms with E-state index in [-0.39, 0.29) is 55.3 Å². The second kappa shape index (κ2) is 33.1. The Labute approximate surface area is 576 Å². The van der Waals surface area contributed by atoms with E-state index in [1.807, 2.05) is 27.7 Å². The maximum absolute atomic E-state index is 14.2. The number of carbonyl (C=O) groups is 7. The average molecular weight is 1400 g/mol. The summed E-state index contributed by atoms with van der Waals surface area (Å²) in [6.45, 7) is 12.5. The predicted octanol–water partition coefficient (Wildman–Crippen LogP) is 8.04. The molecular formula is C70H81Cl2N6O20+. The van der Waals surface area contributed by atoms with Crippen LogP contribution in [0.25, 0.3) is 0 Å². The number of aromatic nitrogens is 6. The molecule has 0 saturated carbocycles. The molecule has 2 aromatic heterocycles. The number of nitrogens with zero attached hydrogens (tertiary/aromatic N) is 5. The van der Waals surface area contributed by atoms with Gasteiger partial charge < -0.3 is 61.6 Å². The fourth-order valence-corrected chi connectivity index (χ4v) is 13.7. The Bertz CT molecular complexity index is 3670. The molecule has 6 heterocycles. The predicted molar refractivity (Wildman–Crippen MR) is 344 cm³/mol. The number of benzene rings is 4. The molecular weight excluding hydrogens is 1320 g/mol. The van der Waals surface area contributed by atoms with Crippen LogP contribution < -0.4 is 4.68 Å². The number of ether oxygens (including phenoxy) is 13. The lowest BCUT2D eigenvalue weighted by molar-refractivity contribution is -0.760. The van der Waals surface area contributed by atoms with Gasteiger partial charge >= 0.3 is 41.8 Å². The van der Waals surface area contributed by atoms with E-state index >= 15 is 0 Å². The van der Waals surface area contributed by atoms with Crippen molar-refractivity contribution >= 4 is 65.0 Å². The lowest BCUT2D eigenvalue weighted by Crippen LogP contribution is -2.61. The molecule has 524 valence electrons. The molecule has 98 heavy (non-hydrogen) atoms. The van der Waals surface area contributed by atoms with Crippen LogP contribution >= 0.6 is 23.2 Å². The molecule has 0 spiro atoms. The first kappa shape index (κ1) is 72.5. The first-order valence-corrected chi connectivity index (χ1v) is 33.6. The molecule has 0 bridgehead atoms. The quantitative estimate of drug-likeness (QED) is 0.0232. The summed E-state index contributed by atoms with van der Waals surface area (Å²) in [5, 5.41) is 15.5. The number of carbonyl (C=O) groups excluding carboxylic acids is 7. The number of aromatic amines is 1. The van der Waals surface area contributed by atoms with E-state index < -0.39 is 156 Å². The topological polar surface area (TPSA) is 303 Å². The molecule has 19 atom stereocenters. The van der Waals surface area contributed by atoms with Crippen molar-refractivity contribution in [2.45, 2.75) is 198 Å². The Hall–Kier alpha value is -8.21. The van der Waals surface area contributed by atoms with Gasteiger partial charge in [-0.15, -0.1) is 28.3 Å². The fraction of sp³-hybridized carbons (Fsp3) is 0.500. The molecule has 6 aromatic rings. The SMILES string of the molecule is CC[C@@H]1O[C@H](C[C@@]2(CCl)O[C@@H](C[n+]3cc(CO[C@H]4O[C@@H](Cc5cn(CO[C@@H]6O[C@H](CC)[C@H](C)[C@H](OC(=O)c7ccccc7)[C@@H]6OC(=O)c6ccccc6)nn5)[C@H](C)[C@@H](OC(=O)c5ccccc5)[C@H]4OC(=O)c4ccccc4)n[nH]3)[C@@H](C)[C@H]2OC(C)=O)[C@H](OC(C)=O)[C@H](OC(C)=O)[C@@H]1Cl. The first-order valence-electron chi connectivity index (χ1n) is 32.6. The van der Waals surface area contributed by atoms with Crippen molar-refractivity contribution < 1.29 is 99.8 Å². The number of hydrogen-bond donors (Lipinski definition) is 1. The highest BCUT2D eigenvalue weighted by Crippen LogP contribution is 2.45. The number of esters is 7. The summed E-state index contributed by atoms with van der Waals surface area (Å²) in [5.74, 6) is -6.58. The van der Waals surface area contributed by atoms with Crippen molar-refractivity contribution in [3.8, 4) is 0 Å². The van der Waals surface area contributed by atoms with E-state index in [2.05, 4.69) is 20.6 Å². The van der Waals surface area contributed by atoms with Gasteiger partial charge in [-0.05, 0) is 61.4 Å². The first-order chi connectivity index (χ1) is 47.1. The molecule has 0 aliphatic carbocycles. The zero-order valence-electron chi connectivity index (χ0n) is 55.4. The average Bonchev–Trinajstić information content (AvgIpc) is 1.52. The minimum atomic E-state index is -1.44. The van der Waals surface area contributed by atoms with Gasteiger partial charge in [0.25, 0.3) is 0 Å². The molecule has 0 unspecified atom stereocenters. The van der Waals surface area contributed by atoms with Crippen molar-refractivity contribution in [1.29, 1.82) is 0 Å². The number of H-pyrrole nitrogens is 1.